The van der Waals surface area contributed by atoms with Crippen LogP contribution in [0, 0.1) is 5.41 Å². The highest BCUT2D eigenvalue weighted by molar-refractivity contribution is 6.33. The third-order valence-electron chi connectivity index (χ3n) is 5.09. The molecular weight excluding hydrogens is 334 g/mol. The van der Waals surface area contributed by atoms with Gasteiger partial charge in [-0.05, 0) is 5.41 Å². The lowest BCUT2D eigenvalue weighted by Crippen LogP contribution is -2.59. The summed E-state index contributed by atoms with van der Waals surface area (Å²) in [5, 5.41) is 2.72. The zero-order chi connectivity index (χ0) is 19.3. The molecule has 0 saturated heterocycles. The van der Waals surface area contributed by atoms with Gasteiger partial charge in [0.05, 0.1) is 11.3 Å². The maximum absolute atomic E-state index is 13.2. The number of Topliss-reactive ketones (excluding diaryl/α,β-unsaturated/α-hetero) is 4. The first-order valence-corrected chi connectivity index (χ1v) is 8.42. The van der Waals surface area contributed by atoms with Crippen molar-refractivity contribution in [2.75, 3.05) is 14.2 Å². The molecule has 1 fully saturated rings. The van der Waals surface area contributed by atoms with Crippen molar-refractivity contribution in [2.24, 2.45) is 5.41 Å². The Morgan fingerprint density at radius 3 is 1.88 bits per heavy atom. The Bertz CT molecular complexity index is 858. The zero-order valence-corrected chi connectivity index (χ0v) is 15.3. The smallest absolute Gasteiger partial charge is 0.215 e. The fraction of sp³-hybridized carbons (Fsp3) is 0.400. The minimum Gasteiger partial charge on any atom is -0.384 e. The second-order valence-electron chi connectivity index (χ2n) is 7.45. The Balaban J connectivity index is 2.28. The summed E-state index contributed by atoms with van der Waals surface area (Å²) in [6.07, 6.45) is 0.159. The number of hydrogen-bond acceptors (Lipinski definition) is 6. The van der Waals surface area contributed by atoms with Crippen molar-refractivity contribution in [3.63, 3.8) is 0 Å². The molecule has 0 spiro atoms. The number of allylic oxidation sites excluding steroid dienone is 1. The summed E-state index contributed by atoms with van der Waals surface area (Å²) in [7, 11) is 2.71. The number of ketones is 4. The quantitative estimate of drug-likeness (QED) is 0.833. The SMILES string of the molecule is CNC1=C(C2(OC)C(=O)CC(C)(C)CC2=O)C(=O)c2ccccc2C1=O. The standard InChI is InChI=1S/C20H21NO5/c1-19(2)9-13(22)20(26-4,14(23)10-19)15-16(21-3)18(25)12-8-6-5-7-11(12)17(15)24/h5-8,21H,9-10H2,1-4H3. The number of hydrogen-bond donors (Lipinski definition) is 1. The predicted molar refractivity (Wildman–Crippen MR) is 94.0 cm³/mol. The van der Waals surface area contributed by atoms with Crippen molar-refractivity contribution in [3.05, 3.63) is 46.7 Å². The van der Waals surface area contributed by atoms with Crippen molar-refractivity contribution in [2.45, 2.75) is 32.3 Å². The molecule has 26 heavy (non-hydrogen) atoms. The van der Waals surface area contributed by atoms with Crippen LogP contribution >= 0.6 is 0 Å². The molecule has 0 amide bonds. The second-order valence-corrected chi connectivity index (χ2v) is 7.45. The van der Waals surface area contributed by atoms with Gasteiger partial charge in [0.2, 0.25) is 11.4 Å². The van der Waals surface area contributed by atoms with Gasteiger partial charge in [-0.25, -0.2) is 0 Å². The second kappa shape index (κ2) is 5.99. The average molecular weight is 355 g/mol. The summed E-state index contributed by atoms with van der Waals surface area (Å²) < 4.78 is 5.43. The average Bonchev–Trinajstić information content (AvgIpc) is 2.58. The highest BCUT2D eigenvalue weighted by Crippen LogP contribution is 2.43. The van der Waals surface area contributed by atoms with Crippen LogP contribution in [0.5, 0.6) is 0 Å². The van der Waals surface area contributed by atoms with E-state index in [4.69, 9.17) is 4.74 Å². The number of carbonyl (C=O) groups excluding carboxylic acids is 4. The van der Waals surface area contributed by atoms with Crippen molar-refractivity contribution in [1.82, 2.24) is 5.32 Å². The molecule has 0 bridgehead atoms. The number of nitrogens with one attached hydrogen (secondary N) is 1. The van der Waals surface area contributed by atoms with Crippen LogP contribution < -0.4 is 5.32 Å². The lowest BCUT2D eigenvalue weighted by atomic mass is 9.64. The van der Waals surface area contributed by atoms with Crippen LogP contribution in [-0.4, -0.2) is 42.9 Å². The van der Waals surface area contributed by atoms with E-state index in [1.54, 1.807) is 18.2 Å². The number of ether oxygens (including phenoxy) is 1. The molecule has 0 radical (unpaired) electrons. The van der Waals surface area contributed by atoms with Gasteiger partial charge in [0.25, 0.3) is 0 Å². The van der Waals surface area contributed by atoms with E-state index in [1.165, 1.54) is 20.2 Å². The van der Waals surface area contributed by atoms with Crippen LogP contribution in [0.3, 0.4) is 0 Å². The normalized spacial score (nSPS) is 21.7. The van der Waals surface area contributed by atoms with Gasteiger partial charge < -0.3 is 10.1 Å². The van der Waals surface area contributed by atoms with E-state index in [9.17, 15) is 19.2 Å². The maximum atomic E-state index is 13.2. The minimum atomic E-state index is -2.05. The van der Waals surface area contributed by atoms with Crippen LogP contribution in [0.1, 0.15) is 47.4 Å². The monoisotopic (exact) mass is 355 g/mol. The molecule has 2 aliphatic rings. The minimum absolute atomic E-state index is 0.0584. The first-order chi connectivity index (χ1) is 12.2. The lowest BCUT2D eigenvalue weighted by molar-refractivity contribution is -0.157. The molecule has 1 aromatic carbocycles. The molecule has 6 nitrogen and oxygen atoms in total. The molecule has 3 rings (SSSR count). The van der Waals surface area contributed by atoms with E-state index in [-0.39, 0.29) is 35.2 Å². The molecule has 0 aromatic heterocycles. The molecule has 2 aliphatic carbocycles. The van der Waals surface area contributed by atoms with Crippen LogP contribution in [-0.2, 0) is 14.3 Å². The van der Waals surface area contributed by atoms with Crippen molar-refractivity contribution < 1.29 is 23.9 Å². The maximum Gasteiger partial charge on any atom is 0.215 e. The van der Waals surface area contributed by atoms with E-state index in [1.807, 2.05) is 13.8 Å². The fourth-order valence-electron chi connectivity index (χ4n) is 3.89. The number of fused-ring (bicyclic) bond motifs is 1. The van der Waals surface area contributed by atoms with Crippen LogP contribution in [0.15, 0.2) is 35.5 Å². The summed E-state index contributed by atoms with van der Waals surface area (Å²) in [5.74, 6) is -1.96. The molecule has 0 atom stereocenters. The Morgan fingerprint density at radius 1 is 0.923 bits per heavy atom. The summed E-state index contributed by atoms with van der Waals surface area (Å²) in [6.45, 7) is 3.64. The van der Waals surface area contributed by atoms with E-state index >= 15 is 0 Å². The Morgan fingerprint density at radius 2 is 1.42 bits per heavy atom. The third-order valence-corrected chi connectivity index (χ3v) is 5.09. The molecule has 0 unspecified atom stereocenters. The van der Waals surface area contributed by atoms with Crippen LogP contribution in [0.25, 0.3) is 0 Å². The van der Waals surface area contributed by atoms with E-state index in [0.29, 0.717) is 0 Å². The van der Waals surface area contributed by atoms with Gasteiger partial charge in [0.15, 0.2) is 17.3 Å². The largest absolute Gasteiger partial charge is 0.384 e. The Kier molecular flexibility index (Phi) is 4.19. The van der Waals surface area contributed by atoms with Gasteiger partial charge >= 0.3 is 0 Å². The number of rotatable bonds is 3. The summed E-state index contributed by atoms with van der Waals surface area (Å²) in [4.78, 5) is 52.2. The van der Waals surface area contributed by atoms with Gasteiger partial charge in [-0.1, -0.05) is 38.1 Å². The molecule has 0 aliphatic heterocycles. The Hall–Kier alpha value is -2.60. The van der Waals surface area contributed by atoms with Gasteiger partial charge in [-0.3, -0.25) is 19.2 Å². The number of methoxy groups -OCH3 is 1. The topological polar surface area (TPSA) is 89.5 Å². The van der Waals surface area contributed by atoms with Gasteiger partial charge in [0, 0.05) is 38.1 Å². The Labute approximate surface area is 151 Å². The summed E-state index contributed by atoms with van der Waals surface area (Å²) >= 11 is 0. The molecule has 1 N–H and O–H groups in total. The van der Waals surface area contributed by atoms with Gasteiger partial charge in [-0.15, -0.1) is 0 Å². The predicted octanol–water partition coefficient (Wildman–Crippen LogP) is 1.88. The molecule has 0 heterocycles. The van der Waals surface area contributed by atoms with Crippen molar-refractivity contribution in [1.29, 1.82) is 0 Å². The van der Waals surface area contributed by atoms with Crippen LogP contribution in [0.4, 0.5) is 0 Å². The molecule has 6 heteroatoms. The molecule has 136 valence electrons. The van der Waals surface area contributed by atoms with E-state index in [0.717, 1.165) is 0 Å². The van der Waals surface area contributed by atoms with E-state index < -0.39 is 34.1 Å². The van der Waals surface area contributed by atoms with Crippen LogP contribution in [0.2, 0.25) is 0 Å². The van der Waals surface area contributed by atoms with Gasteiger partial charge in [0.1, 0.15) is 0 Å². The molecule has 1 aromatic rings. The zero-order valence-electron chi connectivity index (χ0n) is 15.3. The lowest BCUT2D eigenvalue weighted by Gasteiger charge is -2.41. The number of likely N-dealkylation sites (N-methyl/N-ethyl adjacent to an activating group) is 1. The van der Waals surface area contributed by atoms with E-state index in [2.05, 4.69) is 5.32 Å². The van der Waals surface area contributed by atoms with Gasteiger partial charge in [-0.2, -0.15) is 0 Å². The molecule has 1 saturated carbocycles. The number of benzene rings is 1. The fourth-order valence-corrected chi connectivity index (χ4v) is 3.89. The first kappa shape index (κ1) is 18.2. The first-order valence-electron chi connectivity index (χ1n) is 8.42. The highest BCUT2D eigenvalue weighted by Gasteiger charge is 2.59. The summed E-state index contributed by atoms with van der Waals surface area (Å²) in [5.41, 5.74) is -2.40. The highest BCUT2D eigenvalue weighted by atomic mass is 16.5. The number of carbonyl (C=O) groups is 4. The third kappa shape index (κ3) is 2.36. The van der Waals surface area contributed by atoms with Crippen molar-refractivity contribution >= 4 is 23.1 Å². The summed E-state index contributed by atoms with van der Waals surface area (Å²) in [6, 6.07) is 6.37. The van der Waals surface area contributed by atoms with Crippen molar-refractivity contribution in [3.8, 4) is 0 Å². The molecular formula is C20H21NO5.